The normalized spacial score (nSPS) is 14.9. The molecule has 0 aromatic heterocycles. The summed E-state index contributed by atoms with van der Waals surface area (Å²) < 4.78 is 13.4. The first-order valence-electron chi connectivity index (χ1n) is 5.29. The molecule has 0 radical (unpaired) electrons. The molecule has 2 atom stereocenters. The van der Waals surface area contributed by atoms with Crippen LogP contribution in [0, 0.1) is 5.82 Å². The smallest absolute Gasteiger partial charge is 0.136 e. The Morgan fingerprint density at radius 1 is 1.33 bits per heavy atom. The second kappa shape index (κ2) is 6.13. The van der Waals surface area contributed by atoms with Gasteiger partial charge in [0.15, 0.2) is 0 Å². The summed E-state index contributed by atoms with van der Waals surface area (Å²) in [7, 11) is 0. The van der Waals surface area contributed by atoms with Crippen molar-refractivity contribution in [1.82, 2.24) is 5.32 Å². The Balaban J connectivity index is 2.58. The van der Waals surface area contributed by atoms with Gasteiger partial charge < -0.3 is 5.32 Å². The summed E-state index contributed by atoms with van der Waals surface area (Å²) in [6, 6.07) is 7.32. The van der Waals surface area contributed by atoms with E-state index in [1.165, 1.54) is 6.07 Å². The molecule has 1 nitrogen and oxygen atoms in total. The van der Waals surface area contributed by atoms with Crippen molar-refractivity contribution in [2.75, 3.05) is 6.54 Å². The third-order valence-corrected chi connectivity index (χ3v) is 3.74. The number of benzene rings is 1. The zero-order valence-corrected chi connectivity index (χ0v) is 10.3. The molecule has 15 heavy (non-hydrogen) atoms. The Labute approximate surface area is 95.5 Å². The summed E-state index contributed by atoms with van der Waals surface area (Å²) in [5.74, 6) is -0.127. The van der Waals surface area contributed by atoms with Crippen LogP contribution in [-0.2, 0) is 0 Å². The molecule has 0 aliphatic rings. The molecule has 1 N–H and O–H groups in total. The Morgan fingerprint density at radius 3 is 2.60 bits per heavy atom. The van der Waals surface area contributed by atoms with Crippen LogP contribution in [0.5, 0.6) is 0 Å². The zero-order chi connectivity index (χ0) is 11.3. The van der Waals surface area contributed by atoms with Gasteiger partial charge in [0.05, 0.1) is 0 Å². The first-order chi connectivity index (χ1) is 7.15. The quantitative estimate of drug-likeness (QED) is 0.775. The summed E-state index contributed by atoms with van der Waals surface area (Å²) in [5, 5.41) is 3.70. The van der Waals surface area contributed by atoms with Gasteiger partial charge in [-0.25, -0.2) is 4.39 Å². The van der Waals surface area contributed by atoms with E-state index in [9.17, 15) is 4.39 Å². The molecule has 0 aliphatic heterocycles. The molecule has 1 aromatic rings. The highest BCUT2D eigenvalue weighted by Gasteiger charge is 2.13. The van der Waals surface area contributed by atoms with E-state index in [-0.39, 0.29) is 5.82 Å². The predicted octanol–water partition coefficient (Wildman–Crippen LogP) is 3.30. The third kappa shape index (κ3) is 3.84. The van der Waals surface area contributed by atoms with Crippen molar-refractivity contribution >= 4 is 11.8 Å². The lowest BCUT2D eigenvalue weighted by molar-refractivity contribution is 0.560. The van der Waals surface area contributed by atoms with Crippen molar-refractivity contribution in [3.05, 3.63) is 30.1 Å². The fraction of sp³-hybridized carbons (Fsp3) is 0.500. The molecule has 0 saturated carbocycles. The van der Waals surface area contributed by atoms with E-state index in [2.05, 4.69) is 26.1 Å². The van der Waals surface area contributed by atoms with Crippen LogP contribution in [0.1, 0.15) is 20.8 Å². The molecule has 0 fully saturated rings. The van der Waals surface area contributed by atoms with Crippen molar-refractivity contribution in [3.8, 4) is 0 Å². The maximum absolute atomic E-state index is 13.4. The van der Waals surface area contributed by atoms with Crippen molar-refractivity contribution in [2.24, 2.45) is 0 Å². The van der Waals surface area contributed by atoms with Gasteiger partial charge >= 0.3 is 0 Å². The highest BCUT2D eigenvalue weighted by molar-refractivity contribution is 8.00. The first-order valence-corrected chi connectivity index (χ1v) is 6.17. The number of halogens is 1. The van der Waals surface area contributed by atoms with E-state index in [4.69, 9.17) is 0 Å². The van der Waals surface area contributed by atoms with Crippen molar-refractivity contribution < 1.29 is 4.39 Å². The number of thioether (sulfide) groups is 1. The average molecular weight is 227 g/mol. The molecule has 84 valence electrons. The van der Waals surface area contributed by atoms with Gasteiger partial charge in [0, 0.05) is 16.2 Å². The Kier molecular flexibility index (Phi) is 5.12. The summed E-state index contributed by atoms with van der Waals surface area (Å²) in [4.78, 5) is 0.731. The van der Waals surface area contributed by atoms with E-state index in [0.29, 0.717) is 11.3 Å². The van der Waals surface area contributed by atoms with Gasteiger partial charge in [-0.05, 0) is 25.6 Å². The molecular formula is C12H18FNS. The fourth-order valence-corrected chi connectivity index (χ4v) is 2.37. The van der Waals surface area contributed by atoms with Gasteiger partial charge in [-0.3, -0.25) is 0 Å². The van der Waals surface area contributed by atoms with E-state index in [0.717, 1.165) is 11.4 Å². The average Bonchev–Trinajstić information content (AvgIpc) is 2.21. The van der Waals surface area contributed by atoms with Crippen LogP contribution in [0.3, 0.4) is 0 Å². The fourth-order valence-electron chi connectivity index (χ4n) is 1.33. The van der Waals surface area contributed by atoms with Gasteiger partial charge in [-0.1, -0.05) is 26.0 Å². The minimum Gasteiger partial charge on any atom is -0.313 e. The van der Waals surface area contributed by atoms with Gasteiger partial charge in [0.1, 0.15) is 5.82 Å². The number of nitrogens with one attached hydrogen (secondary N) is 1. The van der Waals surface area contributed by atoms with Gasteiger partial charge in [0.25, 0.3) is 0 Å². The molecule has 1 aromatic carbocycles. The molecule has 0 bridgehead atoms. The minimum atomic E-state index is -0.127. The zero-order valence-electron chi connectivity index (χ0n) is 9.46. The number of rotatable bonds is 5. The van der Waals surface area contributed by atoms with Crippen molar-refractivity contribution in [3.63, 3.8) is 0 Å². The van der Waals surface area contributed by atoms with Gasteiger partial charge in [-0.2, -0.15) is 0 Å². The highest BCUT2D eigenvalue weighted by atomic mass is 32.2. The van der Waals surface area contributed by atoms with Crippen LogP contribution in [0.25, 0.3) is 0 Å². The molecule has 0 aliphatic carbocycles. The molecule has 2 unspecified atom stereocenters. The largest absolute Gasteiger partial charge is 0.313 e. The maximum atomic E-state index is 13.4. The standard InChI is InChI=1S/C12H18FNS/c1-4-14-9(2)10(3)15-12-8-6-5-7-11(12)13/h5-10,14H,4H2,1-3H3. The van der Waals surface area contributed by atoms with Crippen LogP contribution in [0.4, 0.5) is 4.39 Å². The topological polar surface area (TPSA) is 12.0 Å². The summed E-state index contributed by atoms with van der Waals surface area (Å²) in [5.41, 5.74) is 0. The molecule has 0 spiro atoms. The minimum absolute atomic E-state index is 0.127. The number of hydrogen-bond acceptors (Lipinski definition) is 2. The molecule has 0 amide bonds. The summed E-state index contributed by atoms with van der Waals surface area (Å²) >= 11 is 1.58. The predicted molar refractivity (Wildman–Crippen MR) is 64.9 cm³/mol. The first kappa shape index (κ1) is 12.5. The molecule has 3 heteroatoms. The molecular weight excluding hydrogens is 209 g/mol. The van der Waals surface area contributed by atoms with E-state index < -0.39 is 0 Å². The van der Waals surface area contributed by atoms with Crippen LogP contribution < -0.4 is 5.32 Å². The van der Waals surface area contributed by atoms with E-state index in [1.54, 1.807) is 17.8 Å². The molecule has 0 heterocycles. The van der Waals surface area contributed by atoms with Crippen LogP contribution in [0.15, 0.2) is 29.2 Å². The SMILES string of the molecule is CCNC(C)C(C)Sc1ccccc1F. The summed E-state index contributed by atoms with van der Waals surface area (Å²) in [6.45, 7) is 7.27. The Bertz CT molecular complexity index is 303. The van der Waals surface area contributed by atoms with Gasteiger partial charge in [-0.15, -0.1) is 11.8 Å². The Hall–Kier alpha value is -0.540. The van der Waals surface area contributed by atoms with E-state index in [1.807, 2.05) is 12.1 Å². The van der Waals surface area contributed by atoms with Crippen molar-refractivity contribution in [2.45, 2.75) is 37.0 Å². The molecule has 0 saturated heterocycles. The monoisotopic (exact) mass is 227 g/mol. The Morgan fingerprint density at radius 2 is 2.00 bits per heavy atom. The van der Waals surface area contributed by atoms with E-state index >= 15 is 0 Å². The maximum Gasteiger partial charge on any atom is 0.136 e. The third-order valence-electron chi connectivity index (χ3n) is 2.38. The lowest BCUT2D eigenvalue weighted by Gasteiger charge is -2.20. The van der Waals surface area contributed by atoms with Crippen LogP contribution in [0.2, 0.25) is 0 Å². The van der Waals surface area contributed by atoms with Crippen LogP contribution in [-0.4, -0.2) is 17.8 Å². The summed E-state index contributed by atoms with van der Waals surface area (Å²) in [6.07, 6.45) is 0. The van der Waals surface area contributed by atoms with Gasteiger partial charge in [0.2, 0.25) is 0 Å². The van der Waals surface area contributed by atoms with Crippen molar-refractivity contribution in [1.29, 1.82) is 0 Å². The second-order valence-electron chi connectivity index (χ2n) is 3.60. The number of hydrogen-bond donors (Lipinski definition) is 1. The highest BCUT2D eigenvalue weighted by Crippen LogP contribution is 2.27. The second-order valence-corrected chi connectivity index (χ2v) is 5.02. The van der Waals surface area contributed by atoms with Crippen LogP contribution >= 0.6 is 11.8 Å². The lowest BCUT2D eigenvalue weighted by atomic mass is 10.2. The molecule has 1 rings (SSSR count). The lowest BCUT2D eigenvalue weighted by Crippen LogP contribution is -2.33.